The van der Waals surface area contributed by atoms with Gasteiger partial charge in [-0.1, -0.05) is 25.7 Å². The molecule has 8 heteroatoms. The fraction of sp³-hybridized carbons (Fsp3) is 0.588. The lowest BCUT2D eigenvalue weighted by molar-refractivity contribution is -0.123. The monoisotopic (exact) mass is 365 g/mol. The molecule has 0 atom stereocenters. The number of anilines is 1. The SMILES string of the molecule is O=C(Nc1ccncc1S(=O)(=O)NC(=O)C1CCCC1)C1CCCC1. The van der Waals surface area contributed by atoms with Crippen molar-refractivity contribution in [2.24, 2.45) is 11.8 Å². The highest BCUT2D eigenvalue weighted by molar-refractivity contribution is 7.90. The van der Waals surface area contributed by atoms with E-state index in [-0.39, 0.29) is 28.3 Å². The summed E-state index contributed by atoms with van der Waals surface area (Å²) < 4.78 is 27.3. The second kappa shape index (κ2) is 7.51. The number of carbonyl (C=O) groups is 2. The first-order chi connectivity index (χ1) is 12.0. The summed E-state index contributed by atoms with van der Waals surface area (Å²) in [5.41, 5.74) is 0.165. The molecule has 3 rings (SSSR count). The van der Waals surface area contributed by atoms with Crippen molar-refractivity contribution in [3.63, 3.8) is 0 Å². The van der Waals surface area contributed by atoms with Crippen LogP contribution >= 0.6 is 0 Å². The van der Waals surface area contributed by atoms with Crippen LogP contribution in [0.1, 0.15) is 51.4 Å². The maximum absolute atomic E-state index is 12.6. The summed E-state index contributed by atoms with van der Waals surface area (Å²) in [5, 5.41) is 2.69. The van der Waals surface area contributed by atoms with Gasteiger partial charge in [-0.05, 0) is 31.7 Å². The summed E-state index contributed by atoms with van der Waals surface area (Å²) in [6.07, 6.45) is 9.53. The Labute approximate surface area is 147 Å². The predicted octanol–water partition coefficient (Wildman–Crippen LogP) is 2.21. The second-order valence-corrected chi connectivity index (χ2v) is 8.44. The van der Waals surface area contributed by atoms with Gasteiger partial charge in [-0.15, -0.1) is 0 Å². The molecular formula is C17H23N3O4S. The van der Waals surface area contributed by atoms with Gasteiger partial charge >= 0.3 is 0 Å². The number of nitrogens with zero attached hydrogens (tertiary/aromatic N) is 1. The smallest absolute Gasteiger partial charge is 0.267 e. The fourth-order valence-electron chi connectivity index (χ4n) is 3.58. The minimum atomic E-state index is -4.07. The van der Waals surface area contributed by atoms with Gasteiger partial charge in [0, 0.05) is 24.2 Å². The largest absolute Gasteiger partial charge is 0.325 e. The number of carbonyl (C=O) groups excluding carboxylic acids is 2. The Morgan fingerprint density at radius 1 is 0.960 bits per heavy atom. The molecule has 0 spiro atoms. The highest BCUT2D eigenvalue weighted by atomic mass is 32.2. The molecular weight excluding hydrogens is 342 g/mol. The van der Waals surface area contributed by atoms with Crippen LogP contribution in [0.4, 0.5) is 5.69 Å². The van der Waals surface area contributed by atoms with E-state index < -0.39 is 15.9 Å². The third-order valence-corrected chi connectivity index (χ3v) is 6.39. The van der Waals surface area contributed by atoms with Crippen LogP contribution in [-0.2, 0) is 19.6 Å². The number of hydrogen-bond donors (Lipinski definition) is 2. The minimum absolute atomic E-state index is 0.0863. The van der Waals surface area contributed by atoms with Gasteiger partial charge in [-0.2, -0.15) is 0 Å². The summed E-state index contributed by atoms with van der Waals surface area (Å²) in [5.74, 6) is -1.00. The summed E-state index contributed by atoms with van der Waals surface area (Å²) in [6.45, 7) is 0. The van der Waals surface area contributed by atoms with Crippen LogP contribution in [0.3, 0.4) is 0 Å². The molecule has 1 aromatic heterocycles. The molecule has 2 amide bonds. The van der Waals surface area contributed by atoms with Crippen molar-refractivity contribution in [2.75, 3.05) is 5.32 Å². The zero-order chi connectivity index (χ0) is 17.9. The van der Waals surface area contributed by atoms with E-state index >= 15 is 0 Å². The minimum Gasteiger partial charge on any atom is -0.325 e. The maximum atomic E-state index is 12.6. The second-order valence-electron chi connectivity index (χ2n) is 6.79. The summed E-state index contributed by atoms with van der Waals surface area (Å²) in [4.78, 5) is 28.2. The van der Waals surface area contributed by atoms with Gasteiger partial charge in [0.05, 0.1) is 5.69 Å². The first-order valence-electron chi connectivity index (χ1n) is 8.79. The van der Waals surface area contributed by atoms with E-state index in [0.29, 0.717) is 12.8 Å². The van der Waals surface area contributed by atoms with Gasteiger partial charge < -0.3 is 5.32 Å². The molecule has 2 aliphatic carbocycles. The van der Waals surface area contributed by atoms with E-state index in [2.05, 4.69) is 15.0 Å². The van der Waals surface area contributed by atoms with E-state index in [0.717, 1.165) is 44.7 Å². The molecule has 2 saturated carbocycles. The average Bonchev–Trinajstić information content (AvgIpc) is 3.28. The number of amides is 2. The third kappa shape index (κ3) is 4.18. The highest BCUT2D eigenvalue weighted by Crippen LogP contribution is 2.28. The van der Waals surface area contributed by atoms with Crippen molar-refractivity contribution in [2.45, 2.75) is 56.3 Å². The number of nitrogens with one attached hydrogen (secondary N) is 2. The van der Waals surface area contributed by atoms with Crippen molar-refractivity contribution in [1.82, 2.24) is 9.71 Å². The predicted molar refractivity (Wildman–Crippen MR) is 92.1 cm³/mol. The van der Waals surface area contributed by atoms with Crippen molar-refractivity contribution in [3.05, 3.63) is 18.5 Å². The lowest BCUT2D eigenvalue weighted by Gasteiger charge is -2.15. The highest BCUT2D eigenvalue weighted by Gasteiger charge is 2.30. The number of hydrogen-bond acceptors (Lipinski definition) is 5. The van der Waals surface area contributed by atoms with Gasteiger partial charge in [0.15, 0.2) is 0 Å². The topological polar surface area (TPSA) is 105 Å². The Morgan fingerprint density at radius 2 is 1.52 bits per heavy atom. The first kappa shape index (κ1) is 17.8. The maximum Gasteiger partial charge on any atom is 0.267 e. The molecule has 1 aromatic rings. The van der Waals surface area contributed by atoms with Crippen LogP contribution in [0.2, 0.25) is 0 Å². The number of rotatable bonds is 5. The van der Waals surface area contributed by atoms with Gasteiger partial charge in [0.1, 0.15) is 4.90 Å². The Kier molecular flexibility index (Phi) is 5.36. The van der Waals surface area contributed by atoms with E-state index in [4.69, 9.17) is 0 Å². The molecule has 136 valence electrons. The summed E-state index contributed by atoms with van der Waals surface area (Å²) in [6, 6.07) is 1.45. The van der Waals surface area contributed by atoms with Crippen molar-refractivity contribution in [1.29, 1.82) is 0 Å². The van der Waals surface area contributed by atoms with E-state index in [1.807, 2.05) is 0 Å². The van der Waals surface area contributed by atoms with Gasteiger partial charge in [0.2, 0.25) is 11.8 Å². The Hall–Kier alpha value is -1.96. The number of sulfonamides is 1. The number of pyridine rings is 1. The summed E-state index contributed by atoms with van der Waals surface area (Å²) >= 11 is 0. The third-order valence-electron chi connectivity index (χ3n) is 5.02. The zero-order valence-electron chi connectivity index (χ0n) is 14.0. The molecule has 2 aliphatic rings. The average molecular weight is 365 g/mol. The molecule has 7 nitrogen and oxygen atoms in total. The Bertz CT molecular complexity index is 751. The van der Waals surface area contributed by atoms with Crippen LogP contribution in [0.5, 0.6) is 0 Å². The van der Waals surface area contributed by atoms with Crippen molar-refractivity contribution < 1.29 is 18.0 Å². The van der Waals surface area contributed by atoms with Crippen molar-refractivity contribution in [3.8, 4) is 0 Å². The van der Waals surface area contributed by atoms with Crippen molar-refractivity contribution >= 4 is 27.5 Å². The van der Waals surface area contributed by atoms with E-state index in [1.165, 1.54) is 12.3 Å². The lowest BCUT2D eigenvalue weighted by Crippen LogP contribution is -2.35. The van der Waals surface area contributed by atoms with Crippen LogP contribution in [0, 0.1) is 11.8 Å². The van der Waals surface area contributed by atoms with Crippen LogP contribution < -0.4 is 10.0 Å². The quantitative estimate of drug-likeness (QED) is 0.832. The Balaban J connectivity index is 1.76. The van der Waals surface area contributed by atoms with Crippen LogP contribution in [-0.4, -0.2) is 25.2 Å². The van der Waals surface area contributed by atoms with Gasteiger partial charge in [0.25, 0.3) is 10.0 Å². The standard InChI is InChI=1S/C17H23N3O4S/c21-16(12-5-1-2-6-12)19-14-9-10-18-11-15(14)25(23,24)20-17(22)13-7-3-4-8-13/h9-13H,1-8H2,(H,20,22)(H,18,19,21). The molecule has 2 N–H and O–H groups in total. The molecule has 2 fully saturated rings. The molecule has 1 heterocycles. The lowest BCUT2D eigenvalue weighted by atomic mass is 10.1. The molecule has 0 radical (unpaired) electrons. The Morgan fingerprint density at radius 3 is 2.12 bits per heavy atom. The summed E-state index contributed by atoms with van der Waals surface area (Å²) in [7, 11) is -4.07. The van der Waals surface area contributed by atoms with Gasteiger partial charge in [-0.3, -0.25) is 14.6 Å². The normalized spacial score (nSPS) is 19.0. The molecule has 25 heavy (non-hydrogen) atoms. The first-order valence-corrected chi connectivity index (χ1v) is 10.3. The zero-order valence-corrected chi connectivity index (χ0v) is 14.8. The molecule has 0 aliphatic heterocycles. The molecule has 0 saturated heterocycles. The van der Waals surface area contributed by atoms with Crippen LogP contribution in [0.25, 0.3) is 0 Å². The van der Waals surface area contributed by atoms with E-state index in [1.54, 1.807) is 0 Å². The van der Waals surface area contributed by atoms with E-state index in [9.17, 15) is 18.0 Å². The molecule has 0 aromatic carbocycles. The number of aromatic nitrogens is 1. The fourth-order valence-corrected chi connectivity index (χ4v) is 4.73. The van der Waals surface area contributed by atoms with Crippen LogP contribution in [0.15, 0.2) is 23.4 Å². The van der Waals surface area contributed by atoms with Gasteiger partial charge in [-0.25, -0.2) is 13.1 Å². The molecule has 0 unspecified atom stereocenters. The molecule has 0 bridgehead atoms.